The standard InChI is InChI=1S/C15H21FN2O/c1-18(11-12-7-5-6-10-14(12)16)15(19)17-13-8-3-2-4-9-13/h5-7,10,13H,2-4,8-9,11H2,1H3,(H,17,19). The Kier molecular flexibility index (Phi) is 4.77. The molecule has 2 rings (SSSR count). The summed E-state index contributed by atoms with van der Waals surface area (Å²) in [5.74, 6) is -0.264. The second kappa shape index (κ2) is 6.55. The molecule has 0 saturated heterocycles. The van der Waals surface area contributed by atoms with Gasteiger partial charge in [0.1, 0.15) is 5.82 Å². The number of hydrogen-bond donors (Lipinski definition) is 1. The van der Waals surface area contributed by atoms with E-state index in [-0.39, 0.29) is 17.9 Å². The first kappa shape index (κ1) is 13.8. The van der Waals surface area contributed by atoms with Gasteiger partial charge in [0.25, 0.3) is 0 Å². The minimum Gasteiger partial charge on any atom is -0.335 e. The summed E-state index contributed by atoms with van der Waals surface area (Å²) in [6.45, 7) is 0.297. The zero-order valence-electron chi connectivity index (χ0n) is 11.4. The normalized spacial score (nSPS) is 16.1. The number of urea groups is 1. The Bertz CT molecular complexity index is 430. The SMILES string of the molecule is CN(Cc1ccccc1F)C(=O)NC1CCCCC1. The molecule has 1 N–H and O–H groups in total. The predicted molar refractivity (Wildman–Crippen MR) is 73.3 cm³/mol. The van der Waals surface area contributed by atoms with Gasteiger partial charge in [-0.25, -0.2) is 9.18 Å². The second-order valence-corrected chi connectivity index (χ2v) is 5.23. The average molecular weight is 264 g/mol. The van der Waals surface area contributed by atoms with Crippen LogP contribution < -0.4 is 5.32 Å². The molecule has 0 aliphatic heterocycles. The predicted octanol–water partition coefficient (Wildman–Crippen LogP) is 3.30. The van der Waals surface area contributed by atoms with E-state index in [0.29, 0.717) is 12.1 Å². The topological polar surface area (TPSA) is 32.3 Å². The van der Waals surface area contributed by atoms with E-state index < -0.39 is 0 Å². The highest BCUT2D eigenvalue weighted by Gasteiger charge is 2.18. The van der Waals surface area contributed by atoms with Crippen molar-refractivity contribution < 1.29 is 9.18 Å². The van der Waals surface area contributed by atoms with Gasteiger partial charge in [0.05, 0.1) is 0 Å². The Hall–Kier alpha value is -1.58. The van der Waals surface area contributed by atoms with E-state index in [1.807, 2.05) is 0 Å². The summed E-state index contributed by atoms with van der Waals surface area (Å²) in [5.41, 5.74) is 0.545. The maximum atomic E-state index is 13.5. The Morgan fingerprint density at radius 1 is 1.32 bits per heavy atom. The Morgan fingerprint density at radius 2 is 2.00 bits per heavy atom. The molecule has 1 saturated carbocycles. The highest BCUT2D eigenvalue weighted by Crippen LogP contribution is 2.17. The fourth-order valence-electron chi connectivity index (χ4n) is 2.49. The van der Waals surface area contributed by atoms with E-state index in [0.717, 1.165) is 12.8 Å². The molecule has 4 heteroatoms. The smallest absolute Gasteiger partial charge is 0.317 e. The monoisotopic (exact) mass is 264 g/mol. The lowest BCUT2D eigenvalue weighted by atomic mass is 9.96. The van der Waals surface area contributed by atoms with Gasteiger partial charge < -0.3 is 10.2 Å². The van der Waals surface area contributed by atoms with Gasteiger partial charge >= 0.3 is 6.03 Å². The Balaban J connectivity index is 1.87. The highest BCUT2D eigenvalue weighted by atomic mass is 19.1. The van der Waals surface area contributed by atoms with Crippen LogP contribution in [-0.4, -0.2) is 24.0 Å². The number of carbonyl (C=O) groups is 1. The lowest BCUT2D eigenvalue weighted by Gasteiger charge is -2.26. The van der Waals surface area contributed by atoms with Crippen LogP contribution >= 0.6 is 0 Å². The molecule has 0 unspecified atom stereocenters. The maximum absolute atomic E-state index is 13.5. The quantitative estimate of drug-likeness (QED) is 0.892. The lowest BCUT2D eigenvalue weighted by molar-refractivity contribution is 0.198. The molecule has 1 fully saturated rings. The third-order valence-electron chi connectivity index (χ3n) is 3.64. The minimum absolute atomic E-state index is 0.116. The zero-order valence-corrected chi connectivity index (χ0v) is 11.4. The number of rotatable bonds is 3. The van der Waals surface area contributed by atoms with Gasteiger partial charge in [-0.15, -0.1) is 0 Å². The number of carbonyl (C=O) groups excluding carboxylic acids is 1. The van der Waals surface area contributed by atoms with Gasteiger partial charge in [-0.1, -0.05) is 37.5 Å². The molecule has 0 atom stereocenters. The molecule has 0 heterocycles. The van der Waals surface area contributed by atoms with E-state index in [1.54, 1.807) is 25.2 Å². The molecule has 3 nitrogen and oxygen atoms in total. The van der Waals surface area contributed by atoms with Crippen molar-refractivity contribution in [3.05, 3.63) is 35.6 Å². The van der Waals surface area contributed by atoms with Crippen LogP contribution in [0.2, 0.25) is 0 Å². The number of nitrogens with zero attached hydrogens (tertiary/aromatic N) is 1. The maximum Gasteiger partial charge on any atom is 0.317 e. The molecule has 0 bridgehead atoms. The number of benzene rings is 1. The number of halogens is 1. The second-order valence-electron chi connectivity index (χ2n) is 5.23. The fourth-order valence-corrected chi connectivity index (χ4v) is 2.49. The van der Waals surface area contributed by atoms with Crippen LogP contribution in [0.4, 0.5) is 9.18 Å². The van der Waals surface area contributed by atoms with Crippen molar-refractivity contribution in [1.29, 1.82) is 0 Å². The first-order valence-corrected chi connectivity index (χ1v) is 6.92. The van der Waals surface area contributed by atoms with E-state index in [9.17, 15) is 9.18 Å². The van der Waals surface area contributed by atoms with E-state index in [1.165, 1.54) is 30.2 Å². The van der Waals surface area contributed by atoms with Crippen LogP contribution in [0.25, 0.3) is 0 Å². The summed E-state index contributed by atoms with van der Waals surface area (Å²) in [6.07, 6.45) is 5.74. The molecule has 2 amide bonds. The third-order valence-corrected chi connectivity index (χ3v) is 3.64. The third kappa shape index (κ3) is 3.94. The minimum atomic E-state index is -0.264. The molecule has 1 aliphatic rings. The molecule has 0 spiro atoms. The summed E-state index contributed by atoms with van der Waals surface area (Å²) in [6, 6.07) is 6.73. The molecule has 19 heavy (non-hydrogen) atoms. The van der Waals surface area contributed by atoms with Crippen molar-refractivity contribution in [3.8, 4) is 0 Å². The van der Waals surface area contributed by atoms with Crippen molar-refractivity contribution in [2.24, 2.45) is 0 Å². The molecule has 1 aliphatic carbocycles. The summed E-state index contributed by atoms with van der Waals surface area (Å²) >= 11 is 0. The largest absolute Gasteiger partial charge is 0.335 e. The van der Waals surface area contributed by atoms with Crippen LogP contribution in [0.3, 0.4) is 0 Å². The Morgan fingerprint density at radius 3 is 2.68 bits per heavy atom. The summed E-state index contributed by atoms with van der Waals surface area (Å²) < 4.78 is 13.5. The van der Waals surface area contributed by atoms with Crippen molar-refractivity contribution >= 4 is 6.03 Å². The number of amides is 2. The van der Waals surface area contributed by atoms with E-state index in [4.69, 9.17) is 0 Å². The number of hydrogen-bond acceptors (Lipinski definition) is 1. The fraction of sp³-hybridized carbons (Fsp3) is 0.533. The van der Waals surface area contributed by atoms with Gasteiger partial charge in [0, 0.05) is 25.2 Å². The van der Waals surface area contributed by atoms with Crippen LogP contribution in [-0.2, 0) is 6.54 Å². The van der Waals surface area contributed by atoms with Crippen molar-refractivity contribution in [2.75, 3.05) is 7.05 Å². The van der Waals surface area contributed by atoms with Crippen LogP contribution in [0.15, 0.2) is 24.3 Å². The first-order chi connectivity index (χ1) is 9.16. The number of nitrogens with one attached hydrogen (secondary N) is 1. The summed E-state index contributed by atoms with van der Waals surface area (Å²) in [4.78, 5) is 13.6. The summed E-state index contributed by atoms with van der Waals surface area (Å²) in [5, 5.41) is 3.02. The van der Waals surface area contributed by atoms with Gasteiger partial charge in [0.2, 0.25) is 0 Å². The van der Waals surface area contributed by atoms with Crippen molar-refractivity contribution in [3.63, 3.8) is 0 Å². The van der Waals surface area contributed by atoms with Gasteiger partial charge in [0.15, 0.2) is 0 Å². The van der Waals surface area contributed by atoms with Crippen LogP contribution in [0.1, 0.15) is 37.7 Å². The van der Waals surface area contributed by atoms with Gasteiger partial charge in [-0.05, 0) is 18.9 Å². The lowest BCUT2D eigenvalue weighted by Crippen LogP contribution is -2.43. The first-order valence-electron chi connectivity index (χ1n) is 6.92. The molecule has 104 valence electrons. The molecule has 0 aromatic heterocycles. The van der Waals surface area contributed by atoms with Crippen molar-refractivity contribution in [2.45, 2.75) is 44.7 Å². The van der Waals surface area contributed by atoms with Crippen LogP contribution in [0.5, 0.6) is 0 Å². The van der Waals surface area contributed by atoms with E-state index in [2.05, 4.69) is 5.32 Å². The Labute approximate surface area is 113 Å². The zero-order chi connectivity index (χ0) is 13.7. The summed E-state index contributed by atoms with van der Waals surface area (Å²) in [7, 11) is 1.70. The highest BCUT2D eigenvalue weighted by molar-refractivity contribution is 5.74. The van der Waals surface area contributed by atoms with Gasteiger partial charge in [-0.3, -0.25) is 0 Å². The molecular formula is C15H21FN2O. The average Bonchev–Trinajstić information content (AvgIpc) is 2.42. The molecule has 1 aromatic carbocycles. The van der Waals surface area contributed by atoms with Crippen molar-refractivity contribution in [1.82, 2.24) is 10.2 Å². The molecule has 1 aromatic rings. The molecular weight excluding hydrogens is 243 g/mol. The van der Waals surface area contributed by atoms with Crippen LogP contribution in [0, 0.1) is 5.82 Å². The van der Waals surface area contributed by atoms with Gasteiger partial charge in [-0.2, -0.15) is 0 Å². The molecule has 0 radical (unpaired) electrons. The van der Waals surface area contributed by atoms with E-state index >= 15 is 0 Å².